The van der Waals surface area contributed by atoms with E-state index in [-0.39, 0.29) is 17.6 Å². The van der Waals surface area contributed by atoms with Crippen molar-refractivity contribution >= 4 is 15.9 Å². The second-order valence-electron chi connectivity index (χ2n) is 3.80. The van der Waals surface area contributed by atoms with Crippen molar-refractivity contribution in [2.24, 2.45) is 0 Å². The van der Waals surface area contributed by atoms with Crippen molar-refractivity contribution in [1.29, 1.82) is 0 Å². The number of nitrogens with zero attached hydrogens (tertiary/aromatic N) is 2. The Morgan fingerprint density at radius 1 is 1.21 bits per heavy atom. The summed E-state index contributed by atoms with van der Waals surface area (Å²) in [4.78, 5) is 19.3. The molecule has 0 aromatic carbocycles. The lowest BCUT2D eigenvalue weighted by atomic mass is 10.5. The first-order valence-corrected chi connectivity index (χ1v) is 6.87. The number of methoxy groups -OCH3 is 2. The number of carbonyl (C=O) groups is 1. The van der Waals surface area contributed by atoms with Gasteiger partial charge in [0.05, 0.1) is 25.5 Å². The maximum atomic E-state index is 11.8. The van der Waals surface area contributed by atoms with Gasteiger partial charge in [-0.25, -0.2) is 13.1 Å². The van der Waals surface area contributed by atoms with Crippen LogP contribution in [0.4, 0.5) is 0 Å². The van der Waals surface area contributed by atoms with Crippen LogP contribution in [0.15, 0.2) is 6.07 Å². The summed E-state index contributed by atoms with van der Waals surface area (Å²) < 4.78 is 34.7. The highest BCUT2D eigenvalue weighted by Crippen LogP contribution is 2.14. The third kappa shape index (κ3) is 3.78. The van der Waals surface area contributed by atoms with Crippen LogP contribution in [-0.2, 0) is 10.0 Å². The summed E-state index contributed by atoms with van der Waals surface area (Å²) in [6, 6.07) is 1.37. The third-order valence-corrected chi connectivity index (χ3v) is 3.87. The van der Waals surface area contributed by atoms with Gasteiger partial charge >= 0.3 is 5.91 Å². The molecule has 0 bridgehead atoms. The number of carbonyl (C=O) groups excluding carboxylic acids is 1. The molecule has 8 nitrogen and oxygen atoms in total. The number of hydrogen-bond donors (Lipinski definition) is 1. The quantitative estimate of drug-likeness (QED) is 0.810. The lowest BCUT2D eigenvalue weighted by Crippen LogP contribution is -2.36. The number of nitrogens with one attached hydrogen (secondary N) is 1. The Balaban J connectivity index is 3.06. The summed E-state index contributed by atoms with van der Waals surface area (Å²) in [5, 5.41) is -0.746. The third-order valence-electron chi connectivity index (χ3n) is 2.16. The van der Waals surface area contributed by atoms with Crippen molar-refractivity contribution in [3.8, 4) is 11.8 Å². The standard InChI is InChI=1S/C10H15N3O5S/c1-6(2)19(15,16)13-10(14)9-11-7(17-3)5-8(12-9)18-4/h5-6H,1-4H3,(H,13,14). The number of sulfonamides is 1. The highest BCUT2D eigenvalue weighted by molar-refractivity contribution is 7.90. The fraction of sp³-hybridized carbons (Fsp3) is 0.500. The van der Waals surface area contributed by atoms with Crippen molar-refractivity contribution in [3.63, 3.8) is 0 Å². The minimum atomic E-state index is -3.75. The molecule has 1 heterocycles. The molecule has 1 aromatic heterocycles. The maximum Gasteiger partial charge on any atom is 0.302 e. The zero-order chi connectivity index (χ0) is 14.6. The number of hydrogen-bond acceptors (Lipinski definition) is 7. The van der Waals surface area contributed by atoms with E-state index in [1.165, 1.54) is 34.1 Å². The molecule has 1 aromatic rings. The van der Waals surface area contributed by atoms with E-state index in [1.807, 2.05) is 4.72 Å². The van der Waals surface area contributed by atoms with E-state index in [4.69, 9.17) is 9.47 Å². The number of aromatic nitrogens is 2. The van der Waals surface area contributed by atoms with Gasteiger partial charge in [0.15, 0.2) is 0 Å². The maximum absolute atomic E-state index is 11.8. The van der Waals surface area contributed by atoms with E-state index in [2.05, 4.69) is 9.97 Å². The molecule has 1 amide bonds. The van der Waals surface area contributed by atoms with Gasteiger partial charge < -0.3 is 9.47 Å². The normalized spacial score (nSPS) is 11.2. The lowest BCUT2D eigenvalue weighted by molar-refractivity contribution is 0.0969. The Hall–Kier alpha value is -1.90. The minimum Gasteiger partial charge on any atom is -0.481 e. The second kappa shape index (κ2) is 5.83. The molecular formula is C10H15N3O5S. The van der Waals surface area contributed by atoms with Crippen LogP contribution in [0.25, 0.3) is 0 Å². The fourth-order valence-corrected chi connectivity index (χ4v) is 1.59. The smallest absolute Gasteiger partial charge is 0.302 e. The molecule has 0 aliphatic carbocycles. The zero-order valence-corrected chi connectivity index (χ0v) is 11.8. The van der Waals surface area contributed by atoms with E-state index in [9.17, 15) is 13.2 Å². The molecule has 0 spiro atoms. The average Bonchev–Trinajstić information content (AvgIpc) is 2.37. The zero-order valence-electron chi connectivity index (χ0n) is 11.0. The summed E-state index contributed by atoms with van der Waals surface area (Å²) in [6.45, 7) is 2.89. The minimum absolute atomic E-state index is 0.0962. The number of amides is 1. The molecule has 0 aliphatic heterocycles. The highest BCUT2D eigenvalue weighted by atomic mass is 32.2. The second-order valence-corrected chi connectivity index (χ2v) is 6.04. The van der Waals surface area contributed by atoms with Gasteiger partial charge in [-0.2, -0.15) is 9.97 Å². The largest absolute Gasteiger partial charge is 0.481 e. The lowest BCUT2D eigenvalue weighted by Gasteiger charge is -2.09. The summed E-state index contributed by atoms with van der Waals surface area (Å²) in [6.07, 6.45) is 0. The van der Waals surface area contributed by atoms with Crippen LogP contribution < -0.4 is 14.2 Å². The van der Waals surface area contributed by atoms with E-state index in [0.717, 1.165) is 0 Å². The van der Waals surface area contributed by atoms with Crippen LogP contribution in [0.3, 0.4) is 0 Å². The molecule has 0 fully saturated rings. The van der Waals surface area contributed by atoms with Crippen LogP contribution in [0.2, 0.25) is 0 Å². The van der Waals surface area contributed by atoms with E-state index < -0.39 is 21.2 Å². The van der Waals surface area contributed by atoms with Gasteiger partial charge in [0, 0.05) is 0 Å². The molecule has 1 N–H and O–H groups in total. The van der Waals surface area contributed by atoms with Gasteiger partial charge in [0.1, 0.15) is 0 Å². The fourth-order valence-electron chi connectivity index (χ4n) is 1.01. The summed E-state index contributed by atoms with van der Waals surface area (Å²) in [7, 11) is -1.03. The van der Waals surface area contributed by atoms with Gasteiger partial charge in [-0.15, -0.1) is 0 Å². The molecule has 0 saturated carbocycles. The summed E-state index contributed by atoms with van der Waals surface area (Å²) in [5.74, 6) is -1.09. The Bertz CT molecular complexity index is 548. The first-order chi connectivity index (χ1) is 8.80. The highest BCUT2D eigenvalue weighted by Gasteiger charge is 2.22. The predicted molar refractivity (Wildman–Crippen MR) is 66.7 cm³/mol. The average molecular weight is 289 g/mol. The van der Waals surface area contributed by atoms with Crippen molar-refractivity contribution in [3.05, 3.63) is 11.9 Å². The van der Waals surface area contributed by atoms with Gasteiger partial charge in [0.2, 0.25) is 27.6 Å². The van der Waals surface area contributed by atoms with Gasteiger partial charge in [-0.1, -0.05) is 0 Å². The molecule has 106 valence electrons. The van der Waals surface area contributed by atoms with Crippen LogP contribution >= 0.6 is 0 Å². The van der Waals surface area contributed by atoms with Crippen LogP contribution in [-0.4, -0.2) is 43.8 Å². The van der Waals surface area contributed by atoms with Crippen molar-refractivity contribution in [2.75, 3.05) is 14.2 Å². The Morgan fingerprint density at radius 2 is 1.68 bits per heavy atom. The Morgan fingerprint density at radius 3 is 2.05 bits per heavy atom. The van der Waals surface area contributed by atoms with Gasteiger partial charge in [0.25, 0.3) is 0 Å². The molecule has 1 rings (SSSR count). The van der Waals surface area contributed by atoms with Crippen molar-refractivity contribution < 1.29 is 22.7 Å². The van der Waals surface area contributed by atoms with Crippen molar-refractivity contribution in [1.82, 2.24) is 14.7 Å². The Labute approximate surface area is 111 Å². The number of ether oxygens (including phenoxy) is 2. The summed E-state index contributed by atoms with van der Waals surface area (Å²) in [5.41, 5.74) is 0. The van der Waals surface area contributed by atoms with Crippen molar-refractivity contribution in [2.45, 2.75) is 19.1 Å². The molecular weight excluding hydrogens is 274 g/mol. The van der Waals surface area contributed by atoms with Gasteiger partial charge in [-0.05, 0) is 13.8 Å². The molecule has 0 aliphatic rings. The first kappa shape index (κ1) is 15.2. The van der Waals surface area contributed by atoms with Crippen LogP contribution in [0, 0.1) is 0 Å². The molecule has 0 unspecified atom stereocenters. The predicted octanol–water partition coefficient (Wildman–Crippen LogP) is -0.0382. The molecule has 0 radical (unpaired) electrons. The SMILES string of the molecule is COc1cc(OC)nc(C(=O)NS(=O)(=O)C(C)C)n1. The van der Waals surface area contributed by atoms with Crippen LogP contribution in [0.5, 0.6) is 11.8 Å². The Kier molecular flexibility index (Phi) is 4.65. The van der Waals surface area contributed by atoms with E-state index in [1.54, 1.807) is 0 Å². The van der Waals surface area contributed by atoms with E-state index in [0.29, 0.717) is 0 Å². The number of rotatable bonds is 5. The molecule has 9 heteroatoms. The molecule has 19 heavy (non-hydrogen) atoms. The first-order valence-electron chi connectivity index (χ1n) is 5.33. The summed E-state index contributed by atoms with van der Waals surface area (Å²) >= 11 is 0. The van der Waals surface area contributed by atoms with E-state index >= 15 is 0 Å². The van der Waals surface area contributed by atoms with Crippen LogP contribution in [0.1, 0.15) is 24.5 Å². The molecule has 0 atom stereocenters. The topological polar surface area (TPSA) is 107 Å². The van der Waals surface area contributed by atoms with Gasteiger partial charge in [-0.3, -0.25) is 4.79 Å². The molecule has 0 saturated heterocycles. The monoisotopic (exact) mass is 289 g/mol.